The van der Waals surface area contributed by atoms with Crippen LogP contribution >= 0.6 is 0 Å². The van der Waals surface area contributed by atoms with E-state index in [0.29, 0.717) is 11.8 Å². The molecule has 1 aliphatic carbocycles. The van der Waals surface area contributed by atoms with Crippen LogP contribution in [0, 0.1) is 5.41 Å². The van der Waals surface area contributed by atoms with Gasteiger partial charge in [-0.25, -0.2) is 0 Å². The van der Waals surface area contributed by atoms with Crippen LogP contribution in [0.3, 0.4) is 0 Å². The van der Waals surface area contributed by atoms with E-state index in [2.05, 4.69) is 20.4 Å². The summed E-state index contributed by atoms with van der Waals surface area (Å²) >= 11 is 0. The first kappa shape index (κ1) is 13.7. The smallest absolute Gasteiger partial charge is 0.0939 e. The fourth-order valence-corrected chi connectivity index (χ4v) is 2.54. The normalized spacial score (nSPS) is 25.1. The molecule has 0 spiro atoms. The first-order valence-corrected chi connectivity index (χ1v) is 6.19. The number of aliphatic hydroxyl groups is 1. The molecule has 1 atom stereocenters. The van der Waals surface area contributed by atoms with Crippen molar-refractivity contribution in [2.45, 2.75) is 64.6 Å². The van der Waals surface area contributed by atoms with Crippen molar-refractivity contribution in [3.63, 3.8) is 0 Å². The Hall–Kier alpha value is -0.340. The Bertz CT molecular complexity index is 245. The molecule has 1 unspecified atom stereocenters. The molecule has 1 N–H and O–H groups in total. The summed E-state index contributed by atoms with van der Waals surface area (Å²) in [5.41, 5.74) is 1.08. The van der Waals surface area contributed by atoms with Crippen LogP contribution in [0.25, 0.3) is 0 Å². The Morgan fingerprint density at radius 3 is 2.19 bits per heavy atom. The minimum absolute atomic E-state index is 0.339. The van der Waals surface area contributed by atoms with Gasteiger partial charge in [0.2, 0.25) is 0 Å². The highest BCUT2D eigenvalue weighted by Crippen LogP contribution is 2.44. The lowest BCUT2D eigenvalue weighted by molar-refractivity contribution is -0.135. The lowest BCUT2D eigenvalue weighted by Gasteiger charge is -2.45. The van der Waals surface area contributed by atoms with Crippen molar-refractivity contribution in [1.29, 1.82) is 0 Å². The first-order chi connectivity index (χ1) is 7.31. The lowest BCUT2D eigenvalue weighted by atomic mass is 9.68. The monoisotopic (exact) mass is 226 g/mol. The lowest BCUT2D eigenvalue weighted by Crippen LogP contribution is -2.48. The van der Waals surface area contributed by atoms with Gasteiger partial charge in [-0.05, 0) is 44.4 Å². The SMILES string of the molecule is C=C(C)CC(O)C1(OC)CCC(C)(C)CC1. The fourth-order valence-electron chi connectivity index (χ4n) is 2.54. The molecule has 0 aromatic heterocycles. The quantitative estimate of drug-likeness (QED) is 0.745. The molecule has 94 valence electrons. The van der Waals surface area contributed by atoms with Crippen LogP contribution in [-0.4, -0.2) is 23.9 Å². The molecule has 0 heterocycles. The first-order valence-electron chi connectivity index (χ1n) is 6.19. The molecule has 1 saturated carbocycles. The number of ether oxygens (including phenoxy) is 1. The third-order valence-corrected chi connectivity index (χ3v) is 4.01. The maximum absolute atomic E-state index is 10.3. The average Bonchev–Trinajstić information content (AvgIpc) is 2.17. The summed E-state index contributed by atoms with van der Waals surface area (Å²) in [6, 6.07) is 0. The van der Waals surface area contributed by atoms with Crippen molar-refractivity contribution < 1.29 is 9.84 Å². The summed E-state index contributed by atoms with van der Waals surface area (Å²) in [6.07, 6.45) is 4.37. The van der Waals surface area contributed by atoms with Crippen LogP contribution < -0.4 is 0 Å². The molecule has 0 bridgehead atoms. The Morgan fingerprint density at radius 1 is 1.31 bits per heavy atom. The summed E-state index contributed by atoms with van der Waals surface area (Å²) in [5, 5.41) is 10.3. The minimum atomic E-state index is -0.411. The van der Waals surface area contributed by atoms with Gasteiger partial charge in [-0.3, -0.25) is 0 Å². The van der Waals surface area contributed by atoms with Gasteiger partial charge in [0, 0.05) is 7.11 Å². The minimum Gasteiger partial charge on any atom is -0.390 e. The van der Waals surface area contributed by atoms with E-state index in [1.165, 1.54) is 0 Å². The number of methoxy groups -OCH3 is 1. The molecule has 1 aliphatic rings. The third kappa shape index (κ3) is 3.08. The summed E-state index contributed by atoms with van der Waals surface area (Å²) in [7, 11) is 1.72. The van der Waals surface area contributed by atoms with Crippen LogP contribution in [0.1, 0.15) is 52.9 Å². The van der Waals surface area contributed by atoms with Gasteiger partial charge in [-0.2, -0.15) is 0 Å². The predicted octanol–water partition coefficient (Wildman–Crippen LogP) is 3.30. The molecule has 0 aromatic carbocycles. The van der Waals surface area contributed by atoms with Crippen molar-refractivity contribution in [3.8, 4) is 0 Å². The molecular formula is C14H26O2. The second kappa shape index (κ2) is 4.89. The van der Waals surface area contributed by atoms with Gasteiger partial charge in [0.25, 0.3) is 0 Å². The number of rotatable bonds is 4. The maximum atomic E-state index is 10.3. The van der Waals surface area contributed by atoms with E-state index >= 15 is 0 Å². The van der Waals surface area contributed by atoms with Crippen LogP contribution in [0.5, 0.6) is 0 Å². The van der Waals surface area contributed by atoms with Gasteiger partial charge >= 0.3 is 0 Å². The van der Waals surface area contributed by atoms with Gasteiger partial charge in [0.15, 0.2) is 0 Å². The summed E-state index contributed by atoms with van der Waals surface area (Å²) in [4.78, 5) is 0. The van der Waals surface area contributed by atoms with Gasteiger partial charge in [-0.1, -0.05) is 19.4 Å². The van der Waals surface area contributed by atoms with Gasteiger partial charge in [0.05, 0.1) is 11.7 Å². The molecule has 0 radical (unpaired) electrons. The molecular weight excluding hydrogens is 200 g/mol. The molecule has 0 aromatic rings. The Labute approximate surface area is 99.7 Å². The van der Waals surface area contributed by atoms with Crippen molar-refractivity contribution in [3.05, 3.63) is 12.2 Å². The van der Waals surface area contributed by atoms with E-state index in [-0.39, 0.29) is 5.60 Å². The van der Waals surface area contributed by atoms with Gasteiger partial charge in [0.1, 0.15) is 0 Å². The second-order valence-electron chi connectivity index (χ2n) is 6.11. The van der Waals surface area contributed by atoms with Crippen molar-refractivity contribution in [2.24, 2.45) is 5.41 Å². The molecule has 2 nitrogen and oxygen atoms in total. The third-order valence-electron chi connectivity index (χ3n) is 4.01. The number of hydrogen-bond acceptors (Lipinski definition) is 2. The summed E-state index contributed by atoms with van der Waals surface area (Å²) < 4.78 is 5.64. The molecule has 0 saturated heterocycles. The molecule has 16 heavy (non-hydrogen) atoms. The predicted molar refractivity (Wildman–Crippen MR) is 67.4 cm³/mol. The molecule has 1 rings (SSSR count). The van der Waals surface area contributed by atoms with Crippen LogP contribution in [-0.2, 0) is 4.74 Å². The molecule has 0 amide bonds. The van der Waals surface area contributed by atoms with Crippen molar-refractivity contribution in [2.75, 3.05) is 7.11 Å². The van der Waals surface area contributed by atoms with Gasteiger partial charge < -0.3 is 9.84 Å². The maximum Gasteiger partial charge on any atom is 0.0939 e. The van der Waals surface area contributed by atoms with E-state index in [9.17, 15) is 5.11 Å². The Kier molecular flexibility index (Phi) is 4.19. The zero-order valence-corrected chi connectivity index (χ0v) is 11.2. The number of aliphatic hydroxyl groups excluding tert-OH is 1. The van der Waals surface area contributed by atoms with Crippen LogP contribution in [0.2, 0.25) is 0 Å². The standard InChI is InChI=1S/C14H26O2/c1-11(2)10-12(15)14(16-5)8-6-13(3,4)7-9-14/h12,15H,1,6-10H2,2-5H3. The highest BCUT2D eigenvalue weighted by Gasteiger charge is 2.43. The van der Waals surface area contributed by atoms with Crippen molar-refractivity contribution >= 4 is 0 Å². The van der Waals surface area contributed by atoms with Crippen molar-refractivity contribution in [1.82, 2.24) is 0 Å². The van der Waals surface area contributed by atoms with E-state index in [0.717, 1.165) is 31.3 Å². The highest BCUT2D eigenvalue weighted by molar-refractivity contribution is 5.01. The molecule has 1 fully saturated rings. The molecule has 0 aliphatic heterocycles. The zero-order chi connectivity index (χ0) is 12.4. The largest absolute Gasteiger partial charge is 0.390 e. The highest BCUT2D eigenvalue weighted by atomic mass is 16.5. The summed E-state index contributed by atoms with van der Waals surface area (Å²) in [6.45, 7) is 10.4. The van der Waals surface area contributed by atoms with Crippen LogP contribution in [0.4, 0.5) is 0 Å². The summed E-state index contributed by atoms with van der Waals surface area (Å²) in [5.74, 6) is 0. The van der Waals surface area contributed by atoms with E-state index in [1.54, 1.807) is 7.11 Å². The topological polar surface area (TPSA) is 29.5 Å². The second-order valence-corrected chi connectivity index (χ2v) is 6.11. The number of hydrogen-bond donors (Lipinski definition) is 1. The van der Waals surface area contributed by atoms with Gasteiger partial charge in [-0.15, -0.1) is 6.58 Å². The average molecular weight is 226 g/mol. The van der Waals surface area contributed by atoms with E-state index in [1.807, 2.05) is 6.92 Å². The fraction of sp³-hybridized carbons (Fsp3) is 0.857. The zero-order valence-electron chi connectivity index (χ0n) is 11.2. The Balaban J connectivity index is 2.69. The van der Waals surface area contributed by atoms with E-state index < -0.39 is 6.10 Å². The molecule has 2 heteroatoms. The van der Waals surface area contributed by atoms with Crippen LogP contribution in [0.15, 0.2) is 12.2 Å². The van der Waals surface area contributed by atoms with E-state index in [4.69, 9.17) is 4.74 Å². The Morgan fingerprint density at radius 2 is 1.81 bits per heavy atom.